The Balaban J connectivity index is 1.40. The van der Waals surface area contributed by atoms with Crippen molar-refractivity contribution in [3.05, 3.63) is 53.6 Å². The maximum atomic E-state index is 14.9. The first-order valence-corrected chi connectivity index (χ1v) is 18.8. The molecule has 2 bridgehead atoms. The summed E-state index contributed by atoms with van der Waals surface area (Å²) >= 11 is -1.83. The SMILES string of the molecule is CCCCCCI(C)Oc1c(F)cc(-c2ccc(C34CCC(CCCCC)(CC3)CC4)cc2)cc1F. The second-order valence-electron chi connectivity index (χ2n) is 11.4. The molecule has 0 atom stereocenters. The molecule has 0 aromatic heterocycles. The van der Waals surface area contributed by atoms with Gasteiger partial charge in [-0.05, 0) is 11.8 Å². The van der Waals surface area contributed by atoms with Crippen LogP contribution in [-0.4, -0.2) is 9.36 Å². The van der Waals surface area contributed by atoms with Crippen LogP contribution in [0.3, 0.4) is 0 Å². The molecule has 3 aliphatic carbocycles. The Morgan fingerprint density at radius 3 is 1.92 bits per heavy atom. The third kappa shape index (κ3) is 6.45. The molecule has 200 valence electrons. The van der Waals surface area contributed by atoms with Crippen molar-refractivity contribution >= 4 is 20.2 Å². The van der Waals surface area contributed by atoms with Gasteiger partial charge in [0.15, 0.2) is 0 Å². The molecular formula is C32H45F2IO. The van der Waals surface area contributed by atoms with E-state index in [1.807, 2.05) is 4.93 Å². The van der Waals surface area contributed by atoms with E-state index in [0.717, 1.165) is 16.4 Å². The van der Waals surface area contributed by atoms with Crippen molar-refractivity contribution in [1.82, 2.24) is 0 Å². The number of fused-ring (bicyclic) bond motifs is 3. The van der Waals surface area contributed by atoms with E-state index in [1.54, 1.807) is 0 Å². The van der Waals surface area contributed by atoms with Crippen molar-refractivity contribution in [3.8, 4) is 16.9 Å². The summed E-state index contributed by atoms with van der Waals surface area (Å²) in [6.45, 7) is 4.47. The van der Waals surface area contributed by atoms with Gasteiger partial charge >= 0.3 is 188 Å². The van der Waals surface area contributed by atoms with Crippen LogP contribution in [0.25, 0.3) is 11.1 Å². The van der Waals surface area contributed by atoms with Crippen LogP contribution in [0.15, 0.2) is 36.4 Å². The number of rotatable bonds is 13. The second kappa shape index (κ2) is 12.6. The van der Waals surface area contributed by atoms with E-state index >= 15 is 0 Å². The third-order valence-electron chi connectivity index (χ3n) is 9.00. The Morgan fingerprint density at radius 1 is 0.750 bits per heavy atom. The van der Waals surface area contributed by atoms with Gasteiger partial charge in [0, 0.05) is 0 Å². The van der Waals surface area contributed by atoms with E-state index in [0.29, 0.717) is 16.4 Å². The zero-order chi connectivity index (χ0) is 25.6. The van der Waals surface area contributed by atoms with Crippen LogP contribution in [-0.2, 0) is 5.41 Å². The van der Waals surface area contributed by atoms with Gasteiger partial charge in [-0.1, -0.05) is 26.2 Å². The third-order valence-corrected chi connectivity index (χ3v) is 12.5. The van der Waals surface area contributed by atoms with E-state index in [9.17, 15) is 8.78 Å². The number of hydrogen-bond acceptors (Lipinski definition) is 1. The molecule has 0 heterocycles. The van der Waals surface area contributed by atoms with E-state index in [1.165, 1.54) is 101 Å². The molecule has 0 saturated heterocycles. The van der Waals surface area contributed by atoms with E-state index < -0.39 is 31.9 Å². The van der Waals surface area contributed by atoms with Crippen LogP contribution in [0.1, 0.15) is 109 Å². The summed E-state index contributed by atoms with van der Waals surface area (Å²) in [4.78, 5) is 2.05. The normalized spacial score (nSPS) is 23.6. The van der Waals surface area contributed by atoms with Crippen LogP contribution < -0.4 is 3.07 Å². The van der Waals surface area contributed by atoms with Gasteiger partial charge in [0.2, 0.25) is 0 Å². The Labute approximate surface area is 225 Å². The van der Waals surface area contributed by atoms with Crippen LogP contribution >= 0.6 is 20.2 Å². The second-order valence-corrected chi connectivity index (χ2v) is 16.0. The van der Waals surface area contributed by atoms with E-state index in [4.69, 9.17) is 3.07 Å². The molecule has 2 aromatic carbocycles. The zero-order valence-electron chi connectivity index (χ0n) is 22.6. The average Bonchev–Trinajstić information content (AvgIpc) is 2.90. The number of halogens is 3. The Kier molecular flexibility index (Phi) is 9.74. The van der Waals surface area contributed by atoms with Crippen molar-refractivity contribution in [1.29, 1.82) is 0 Å². The predicted octanol–water partition coefficient (Wildman–Crippen LogP) is 10.8. The fourth-order valence-electron chi connectivity index (χ4n) is 6.52. The molecular weight excluding hydrogens is 565 g/mol. The molecule has 0 radical (unpaired) electrons. The van der Waals surface area contributed by atoms with E-state index in [2.05, 4.69) is 38.1 Å². The standard InChI is InChI=1S/C32H45F2IO/c1-4-6-8-10-22-35(3)36-30-28(33)23-26(24-29(30)34)25-11-13-27(14-12-25)32-19-16-31(17-20-32,18-21-32)15-9-7-5-2/h11-14,23-24H,4-10,15-22H2,1-3H3. The first kappa shape index (κ1) is 27.9. The summed E-state index contributed by atoms with van der Waals surface area (Å²) in [5.74, 6) is -1.34. The molecule has 3 aliphatic rings. The molecule has 5 rings (SSSR count). The van der Waals surface area contributed by atoms with Gasteiger partial charge < -0.3 is 0 Å². The quantitative estimate of drug-likeness (QED) is 0.125. The van der Waals surface area contributed by atoms with Gasteiger partial charge in [0.1, 0.15) is 0 Å². The van der Waals surface area contributed by atoms with Crippen molar-refractivity contribution in [2.75, 3.05) is 9.36 Å². The van der Waals surface area contributed by atoms with Crippen molar-refractivity contribution in [2.24, 2.45) is 5.41 Å². The van der Waals surface area contributed by atoms with Crippen molar-refractivity contribution in [2.45, 2.75) is 109 Å². The Bertz CT molecular complexity index is 939. The summed E-state index contributed by atoms with van der Waals surface area (Å²) in [6, 6.07) is 11.4. The van der Waals surface area contributed by atoms with Crippen molar-refractivity contribution in [3.63, 3.8) is 0 Å². The molecule has 36 heavy (non-hydrogen) atoms. The summed E-state index contributed by atoms with van der Waals surface area (Å²) in [5.41, 5.74) is 3.77. The molecule has 0 amide bonds. The van der Waals surface area contributed by atoms with Gasteiger partial charge in [-0.2, -0.15) is 0 Å². The topological polar surface area (TPSA) is 9.23 Å². The predicted molar refractivity (Wildman–Crippen MR) is 157 cm³/mol. The van der Waals surface area contributed by atoms with Crippen LogP contribution in [0.5, 0.6) is 5.75 Å². The van der Waals surface area contributed by atoms with Gasteiger partial charge in [-0.3, -0.25) is 0 Å². The van der Waals surface area contributed by atoms with Gasteiger partial charge in [-0.25, -0.2) is 0 Å². The van der Waals surface area contributed by atoms with Gasteiger partial charge in [0.05, 0.1) is 0 Å². The molecule has 0 N–H and O–H groups in total. The number of benzene rings is 2. The Morgan fingerprint density at radius 2 is 1.33 bits per heavy atom. The summed E-state index contributed by atoms with van der Waals surface area (Å²) in [7, 11) is 0. The number of unbranched alkanes of at least 4 members (excludes halogenated alkanes) is 5. The fraction of sp³-hybridized carbons (Fsp3) is 0.625. The molecule has 2 aromatic rings. The maximum absolute atomic E-state index is 14.9. The fourth-order valence-corrected chi connectivity index (χ4v) is 9.52. The number of hydrogen-bond donors (Lipinski definition) is 0. The molecule has 3 fully saturated rings. The minimum absolute atomic E-state index is 0.177. The molecule has 0 aliphatic heterocycles. The molecule has 0 spiro atoms. The van der Waals surface area contributed by atoms with Crippen LogP contribution in [0.2, 0.25) is 0 Å². The number of alkyl halides is 2. The van der Waals surface area contributed by atoms with Gasteiger partial charge in [0.25, 0.3) is 0 Å². The van der Waals surface area contributed by atoms with Crippen LogP contribution in [0.4, 0.5) is 8.78 Å². The molecule has 1 nitrogen and oxygen atoms in total. The van der Waals surface area contributed by atoms with E-state index in [-0.39, 0.29) is 5.75 Å². The van der Waals surface area contributed by atoms with Gasteiger partial charge in [-0.15, -0.1) is 0 Å². The molecule has 0 unspecified atom stereocenters. The Hall–Kier alpha value is -1.17. The monoisotopic (exact) mass is 610 g/mol. The van der Waals surface area contributed by atoms with Crippen molar-refractivity contribution < 1.29 is 11.8 Å². The van der Waals surface area contributed by atoms with Crippen LogP contribution in [0, 0.1) is 17.0 Å². The first-order valence-electron chi connectivity index (χ1n) is 14.2. The average molecular weight is 611 g/mol. The summed E-state index contributed by atoms with van der Waals surface area (Å²) in [6.07, 6.45) is 18.0. The summed E-state index contributed by atoms with van der Waals surface area (Å²) in [5, 5.41) is 0. The minimum atomic E-state index is -1.83. The summed E-state index contributed by atoms with van der Waals surface area (Å²) < 4.78 is 36.6. The molecule has 4 heteroatoms. The molecule has 3 saturated carbocycles. The first-order chi connectivity index (χ1) is 17.4. The zero-order valence-corrected chi connectivity index (χ0v) is 24.8.